The normalized spacial score (nSPS) is 13.0. The van der Waals surface area contributed by atoms with E-state index >= 15 is 0 Å². The number of nitrogens with one attached hydrogen (secondary N) is 2. The zero-order valence-electron chi connectivity index (χ0n) is 15.7. The van der Waals surface area contributed by atoms with Gasteiger partial charge in [-0.25, -0.2) is 10.1 Å². The van der Waals surface area contributed by atoms with E-state index in [0.717, 1.165) is 58.8 Å². The van der Waals surface area contributed by atoms with Crippen LogP contribution < -0.4 is 15.6 Å². The molecule has 0 bridgehead atoms. The Hall–Kier alpha value is -3.15. The molecule has 0 spiro atoms. The molecule has 0 saturated heterocycles. The molecule has 4 rings (SSSR count). The largest absolute Gasteiger partial charge is 0.439 e. The number of aromatic amines is 1. The van der Waals surface area contributed by atoms with Crippen molar-refractivity contribution in [3.8, 4) is 22.8 Å². The summed E-state index contributed by atoms with van der Waals surface area (Å²) in [6.07, 6.45) is 3.79. The highest BCUT2D eigenvalue weighted by molar-refractivity contribution is 5.72. The predicted octanol–water partition coefficient (Wildman–Crippen LogP) is 3.91. The second-order valence-electron chi connectivity index (χ2n) is 6.89. The Morgan fingerprint density at radius 3 is 2.81 bits per heavy atom. The number of hydrogen-bond donors (Lipinski definition) is 2. The molecule has 0 saturated carbocycles. The average molecular weight is 362 g/mol. The van der Waals surface area contributed by atoms with Crippen molar-refractivity contribution in [3.63, 3.8) is 0 Å². The Balaban J connectivity index is 1.70. The van der Waals surface area contributed by atoms with Gasteiger partial charge in [0.15, 0.2) is 0 Å². The molecular weight excluding hydrogens is 340 g/mol. The van der Waals surface area contributed by atoms with E-state index < -0.39 is 0 Å². The molecule has 3 heterocycles. The topological polar surface area (TPSA) is 79.9 Å². The first-order chi connectivity index (χ1) is 13.0. The minimum absolute atomic E-state index is 0.164. The summed E-state index contributed by atoms with van der Waals surface area (Å²) < 4.78 is 6.10. The number of benzene rings is 1. The second kappa shape index (κ2) is 6.87. The van der Waals surface area contributed by atoms with Gasteiger partial charge in [-0.05, 0) is 62.9 Å². The fraction of sp³-hybridized carbons (Fsp3) is 0.286. The molecule has 2 aromatic heterocycles. The molecule has 138 valence electrons. The summed E-state index contributed by atoms with van der Waals surface area (Å²) in [5, 5.41) is 10.0. The van der Waals surface area contributed by atoms with E-state index in [-0.39, 0.29) is 5.56 Å². The molecule has 0 aliphatic carbocycles. The maximum atomic E-state index is 12.0. The average Bonchev–Trinajstić information content (AvgIpc) is 2.67. The zero-order chi connectivity index (χ0) is 19.0. The van der Waals surface area contributed by atoms with Gasteiger partial charge in [-0.2, -0.15) is 5.10 Å². The van der Waals surface area contributed by atoms with Crippen LogP contribution in [0.5, 0.6) is 11.6 Å². The van der Waals surface area contributed by atoms with E-state index in [4.69, 9.17) is 4.74 Å². The molecule has 1 aromatic carbocycles. The van der Waals surface area contributed by atoms with Crippen LogP contribution in [0.15, 0.2) is 35.3 Å². The number of aryl methyl sites for hydroxylation is 2. The van der Waals surface area contributed by atoms with Crippen LogP contribution in [0.2, 0.25) is 0 Å². The summed E-state index contributed by atoms with van der Waals surface area (Å²) in [7, 11) is 0. The van der Waals surface area contributed by atoms with E-state index in [0.29, 0.717) is 11.4 Å². The van der Waals surface area contributed by atoms with Crippen molar-refractivity contribution < 1.29 is 4.74 Å². The van der Waals surface area contributed by atoms with Crippen molar-refractivity contribution in [2.45, 2.75) is 33.6 Å². The molecule has 0 atom stereocenters. The number of rotatable bonds is 3. The number of anilines is 1. The molecule has 6 heteroatoms. The van der Waals surface area contributed by atoms with E-state index in [1.54, 1.807) is 6.20 Å². The van der Waals surface area contributed by atoms with Crippen LogP contribution in [0.4, 0.5) is 5.69 Å². The maximum absolute atomic E-state index is 12.0. The Bertz CT molecular complexity index is 1070. The lowest BCUT2D eigenvalue weighted by atomic mass is 9.96. The van der Waals surface area contributed by atoms with Crippen molar-refractivity contribution in [2.75, 3.05) is 11.9 Å². The van der Waals surface area contributed by atoms with E-state index in [9.17, 15) is 4.79 Å². The summed E-state index contributed by atoms with van der Waals surface area (Å²) in [4.78, 5) is 16.4. The van der Waals surface area contributed by atoms with Gasteiger partial charge >= 0.3 is 0 Å². The SMILES string of the molecule is Cc1cc(Oc2nccc3c2CCCN3)ccc1-c1c(C)n[nH]c(=O)c1C. The van der Waals surface area contributed by atoms with Crippen molar-refractivity contribution in [1.82, 2.24) is 15.2 Å². The van der Waals surface area contributed by atoms with Gasteiger partial charge in [0, 0.05) is 35.1 Å². The minimum atomic E-state index is -0.164. The third-order valence-electron chi connectivity index (χ3n) is 5.02. The van der Waals surface area contributed by atoms with Crippen molar-refractivity contribution in [1.29, 1.82) is 0 Å². The molecule has 0 unspecified atom stereocenters. The van der Waals surface area contributed by atoms with Crippen LogP contribution in [-0.2, 0) is 6.42 Å². The van der Waals surface area contributed by atoms with Crippen LogP contribution in [0.3, 0.4) is 0 Å². The van der Waals surface area contributed by atoms with Crippen LogP contribution >= 0.6 is 0 Å². The molecule has 6 nitrogen and oxygen atoms in total. The molecule has 0 radical (unpaired) electrons. The summed E-state index contributed by atoms with van der Waals surface area (Å²) >= 11 is 0. The predicted molar refractivity (Wildman–Crippen MR) is 106 cm³/mol. The smallest absolute Gasteiger partial charge is 0.267 e. The molecule has 1 aliphatic heterocycles. The Kier molecular flexibility index (Phi) is 4.39. The number of pyridine rings is 1. The highest BCUT2D eigenvalue weighted by Gasteiger charge is 2.17. The van der Waals surface area contributed by atoms with Crippen molar-refractivity contribution in [2.24, 2.45) is 0 Å². The molecule has 0 amide bonds. The lowest BCUT2D eigenvalue weighted by molar-refractivity contribution is 0.454. The zero-order valence-corrected chi connectivity index (χ0v) is 15.7. The van der Waals surface area contributed by atoms with Gasteiger partial charge in [-0.3, -0.25) is 4.79 Å². The first kappa shape index (κ1) is 17.3. The van der Waals surface area contributed by atoms with Gasteiger partial charge in [-0.1, -0.05) is 6.07 Å². The van der Waals surface area contributed by atoms with E-state index in [1.807, 2.05) is 45.0 Å². The van der Waals surface area contributed by atoms with Crippen LogP contribution in [0.25, 0.3) is 11.1 Å². The number of aromatic nitrogens is 3. The van der Waals surface area contributed by atoms with Gasteiger partial charge < -0.3 is 10.1 Å². The Labute approximate surface area is 157 Å². The molecule has 1 aliphatic rings. The standard InChI is InChI=1S/C21H22N4O2/c1-12-11-15(27-21-17-5-4-9-22-18(17)8-10-23-21)6-7-16(12)19-13(2)20(26)25-24-14(19)3/h6-8,10-11,22H,4-5,9H2,1-3H3,(H,25,26). The molecule has 3 aromatic rings. The molecular formula is C21H22N4O2. The van der Waals surface area contributed by atoms with Crippen LogP contribution in [0, 0.1) is 20.8 Å². The number of hydrogen-bond acceptors (Lipinski definition) is 5. The Morgan fingerprint density at radius 2 is 2.00 bits per heavy atom. The number of H-pyrrole nitrogens is 1. The summed E-state index contributed by atoms with van der Waals surface area (Å²) in [6, 6.07) is 7.86. The summed E-state index contributed by atoms with van der Waals surface area (Å²) in [5.41, 5.74) is 6.41. The quantitative estimate of drug-likeness (QED) is 0.738. The van der Waals surface area contributed by atoms with Gasteiger partial charge in [0.2, 0.25) is 5.88 Å². The fourth-order valence-corrected chi connectivity index (χ4v) is 3.60. The number of ether oxygens (including phenoxy) is 1. The fourth-order valence-electron chi connectivity index (χ4n) is 3.60. The molecule has 0 fully saturated rings. The first-order valence-electron chi connectivity index (χ1n) is 9.11. The summed E-state index contributed by atoms with van der Waals surface area (Å²) in [6.45, 7) is 6.71. The molecule has 27 heavy (non-hydrogen) atoms. The van der Waals surface area contributed by atoms with Gasteiger partial charge in [0.05, 0.1) is 5.69 Å². The van der Waals surface area contributed by atoms with Crippen molar-refractivity contribution in [3.05, 3.63) is 63.2 Å². The minimum Gasteiger partial charge on any atom is -0.439 e. The third-order valence-corrected chi connectivity index (χ3v) is 5.02. The van der Waals surface area contributed by atoms with Gasteiger partial charge in [0.1, 0.15) is 5.75 Å². The highest BCUT2D eigenvalue weighted by Crippen LogP contribution is 2.34. The number of fused-ring (bicyclic) bond motifs is 1. The van der Waals surface area contributed by atoms with Crippen LogP contribution in [0.1, 0.15) is 28.8 Å². The Morgan fingerprint density at radius 1 is 1.15 bits per heavy atom. The summed E-state index contributed by atoms with van der Waals surface area (Å²) in [5.74, 6) is 1.38. The van der Waals surface area contributed by atoms with Crippen molar-refractivity contribution >= 4 is 5.69 Å². The number of nitrogens with zero attached hydrogens (tertiary/aromatic N) is 2. The third kappa shape index (κ3) is 3.18. The van der Waals surface area contributed by atoms with E-state index in [2.05, 4.69) is 20.5 Å². The maximum Gasteiger partial charge on any atom is 0.267 e. The highest BCUT2D eigenvalue weighted by atomic mass is 16.5. The van der Waals surface area contributed by atoms with E-state index in [1.165, 1.54) is 0 Å². The second-order valence-corrected chi connectivity index (χ2v) is 6.89. The monoisotopic (exact) mass is 362 g/mol. The molecule has 2 N–H and O–H groups in total. The lowest BCUT2D eigenvalue weighted by Crippen LogP contribution is -2.14. The van der Waals surface area contributed by atoms with Gasteiger partial charge in [-0.15, -0.1) is 0 Å². The van der Waals surface area contributed by atoms with Crippen LogP contribution in [-0.4, -0.2) is 21.7 Å². The first-order valence-corrected chi connectivity index (χ1v) is 9.11. The van der Waals surface area contributed by atoms with Gasteiger partial charge in [0.25, 0.3) is 5.56 Å². The lowest BCUT2D eigenvalue weighted by Gasteiger charge is -2.20.